The van der Waals surface area contributed by atoms with Crippen molar-refractivity contribution < 1.29 is 9.53 Å². The molecule has 5 rings (SSSR count). The van der Waals surface area contributed by atoms with Gasteiger partial charge < -0.3 is 4.74 Å². The van der Waals surface area contributed by atoms with Crippen molar-refractivity contribution in [2.45, 2.75) is 6.04 Å². The number of aliphatic imine (C=N–C) groups is 1. The van der Waals surface area contributed by atoms with Crippen molar-refractivity contribution in [3.63, 3.8) is 0 Å². The van der Waals surface area contributed by atoms with Crippen LogP contribution in [0.3, 0.4) is 0 Å². The monoisotopic (exact) mass is 340 g/mol. The van der Waals surface area contributed by atoms with Gasteiger partial charge >= 0.3 is 0 Å². The fourth-order valence-electron chi connectivity index (χ4n) is 3.76. The predicted octanol–water partition coefficient (Wildman–Crippen LogP) is 4.33. The number of fused-ring (bicyclic) bond motifs is 4. The van der Waals surface area contributed by atoms with Crippen LogP contribution in [0.2, 0.25) is 0 Å². The molecule has 3 aromatic rings. The number of para-hydroxylation sites is 1. The van der Waals surface area contributed by atoms with Gasteiger partial charge in [-0.1, -0.05) is 48.5 Å². The maximum atomic E-state index is 13.2. The van der Waals surface area contributed by atoms with Crippen molar-refractivity contribution in [2.75, 3.05) is 7.11 Å². The highest BCUT2D eigenvalue weighted by Crippen LogP contribution is 2.44. The first-order chi connectivity index (χ1) is 12.8. The summed E-state index contributed by atoms with van der Waals surface area (Å²) in [6.07, 6.45) is 0. The Bertz CT molecular complexity index is 1050. The summed E-state index contributed by atoms with van der Waals surface area (Å²) < 4.78 is 5.28. The van der Waals surface area contributed by atoms with E-state index in [-0.39, 0.29) is 11.9 Å². The Kier molecular flexibility index (Phi) is 3.19. The van der Waals surface area contributed by atoms with Gasteiger partial charge in [-0.3, -0.25) is 9.69 Å². The molecule has 2 aliphatic heterocycles. The third-order valence-electron chi connectivity index (χ3n) is 4.99. The Morgan fingerprint density at radius 2 is 1.58 bits per heavy atom. The SMILES string of the molecule is COc1ccc(C2c3ccccc3N=C3c4ccccc4C(=O)N32)cc1. The molecule has 1 unspecified atom stereocenters. The average Bonchev–Trinajstić information content (AvgIpc) is 2.99. The molecule has 0 aromatic heterocycles. The van der Waals surface area contributed by atoms with Crippen LogP contribution in [0.4, 0.5) is 5.69 Å². The highest BCUT2D eigenvalue weighted by molar-refractivity contribution is 6.24. The molecule has 0 spiro atoms. The van der Waals surface area contributed by atoms with Gasteiger partial charge in [0.05, 0.1) is 24.4 Å². The summed E-state index contributed by atoms with van der Waals surface area (Å²) in [6.45, 7) is 0. The minimum absolute atomic E-state index is 0.00493. The van der Waals surface area contributed by atoms with E-state index in [0.29, 0.717) is 5.56 Å². The second kappa shape index (κ2) is 5.56. The molecule has 0 aliphatic carbocycles. The van der Waals surface area contributed by atoms with Gasteiger partial charge in [-0.2, -0.15) is 0 Å². The maximum absolute atomic E-state index is 13.2. The Morgan fingerprint density at radius 1 is 0.885 bits per heavy atom. The first-order valence-electron chi connectivity index (χ1n) is 8.52. The van der Waals surface area contributed by atoms with Gasteiger partial charge in [0.1, 0.15) is 11.6 Å². The summed E-state index contributed by atoms with van der Waals surface area (Å²) in [7, 11) is 1.65. The average molecular weight is 340 g/mol. The summed E-state index contributed by atoms with van der Waals surface area (Å²) in [4.78, 5) is 19.8. The van der Waals surface area contributed by atoms with Crippen molar-refractivity contribution in [1.29, 1.82) is 0 Å². The number of hydrogen-bond acceptors (Lipinski definition) is 3. The van der Waals surface area contributed by atoms with Crippen LogP contribution in [0.5, 0.6) is 5.75 Å². The quantitative estimate of drug-likeness (QED) is 0.697. The van der Waals surface area contributed by atoms with Crippen LogP contribution in [0, 0.1) is 0 Å². The van der Waals surface area contributed by atoms with Crippen molar-refractivity contribution in [3.05, 3.63) is 95.1 Å². The molecule has 1 atom stereocenters. The Hall–Kier alpha value is -3.40. The zero-order valence-electron chi connectivity index (χ0n) is 14.2. The number of amidine groups is 1. The molecule has 0 fully saturated rings. The number of ether oxygens (including phenoxy) is 1. The molecule has 2 aliphatic rings. The number of carbonyl (C=O) groups excluding carboxylic acids is 1. The van der Waals surface area contributed by atoms with Crippen LogP contribution in [0.1, 0.15) is 33.1 Å². The number of nitrogens with zero attached hydrogens (tertiary/aromatic N) is 2. The van der Waals surface area contributed by atoms with Gasteiger partial charge in [-0.25, -0.2) is 4.99 Å². The first-order valence-corrected chi connectivity index (χ1v) is 8.52. The summed E-state index contributed by atoms with van der Waals surface area (Å²) in [5.41, 5.74) is 4.57. The number of rotatable bonds is 2. The van der Waals surface area contributed by atoms with E-state index in [4.69, 9.17) is 9.73 Å². The lowest BCUT2D eigenvalue weighted by Gasteiger charge is -2.33. The Morgan fingerprint density at radius 3 is 2.35 bits per heavy atom. The standard InChI is InChI=1S/C22H16N2O2/c1-26-15-12-10-14(11-13-15)20-18-8-4-5-9-19(18)23-21-16-6-2-3-7-17(16)22(25)24(20)21/h2-13,20H,1H3. The van der Waals surface area contributed by atoms with Crippen LogP contribution >= 0.6 is 0 Å². The number of hydrogen-bond donors (Lipinski definition) is 0. The van der Waals surface area contributed by atoms with E-state index in [1.165, 1.54) is 0 Å². The minimum Gasteiger partial charge on any atom is -0.497 e. The van der Waals surface area contributed by atoms with E-state index in [2.05, 4.69) is 0 Å². The van der Waals surface area contributed by atoms with E-state index >= 15 is 0 Å². The number of methoxy groups -OCH3 is 1. The fraction of sp³-hybridized carbons (Fsp3) is 0.0909. The van der Waals surface area contributed by atoms with E-state index in [1.54, 1.807) is 7.11 Å². The van der Waals surface area contributed by atoms with Gasteiger partial charge in [0.25, 0.3) is 5.91 Å². The highest BCUT2D eigenvalue weighted by atomic mass is 16.5. The lowest BCUT2D eigenvalue weighted by molar-refractivity contribution is 0.0831. The maximum Gasteiger partial charge on any atom is 0.261 e. The van der Waals surface area contributed by atoms with Crippen molar-refractivity contribution in [3.8, 4) is 5.75 Å². The first kappa shape index (κ1) is 14.9. The van der Waals surface area contributed by atoms with Crippen LogP contribution in [0.25, 0.3) is 0 Å². The smallest absolute Gasteiger partial charge is 0.261 e. The molecular weight excluding hydrogens is 324 g/mol. The second-order valence-corrected chi connectivity index (χ2v) is 6.39. The largest absolute Gasteiger partial charge is 0.497 e. The van der Waals surface area contributed by atoms with Crippen LogP contribution < -0.4 is 4.74 Å². The number of carbonyl (C=O) groups is 1. The van der Waals surface area contributed by atoms with Crippen molar-refractivity contribution >= 4 is 17.4 Å². The molecule has 1 amide bonds. The number of benzene rings is 3. The molecule has 126 valence electrons. The van der Waals surface area contributed by atoms with Gasteiger partial charge in [0, 0.05) is 11.1 Å². The molecule has 0 saturated heterocycles. The van der Waals surface area contributed by atoms with E-state index in [1.807, 2.05) is 77.7 Å². The molecular formula is C22H16N2O2. The third kappa shape index (κ3) is 2.02. The lowest BCUT2D eigenvalue weighted by atomic mass is 9.94. The molecule has 3 aromatic carbocycles. The molecule has 0 N–H and O–H groups in total. The van der Waals surface area contributed by atoms with Gasteiger partial charge in [-0.15, -0.1) is 0 Å². The van der Waals surface area contributed by atoms with E-state index in [9.17, 15) is 4.79 Å². The molecule has 0 radical (unpaired) electrons. The normalized spacial score (nSPS) is 17.3. The fourth-order valence-corrected chi connectivity index (χ4v) is 3.76. The molecule has 26 heavy (non-hydrogen) atoms. The molecule has 2 heterocycles. The van der Waals surface area contributed by atoms with Crippen LogP contribution in [0.15, 0.2) is 77.8 Å². The third-order valence-corrected chi connectivity index (χ3v) is 4.99. The second-order valence-electron chi connectivity index (χ2n) is 6.39. The van der Waals surface area contributed by atoms with Gasteiger partial charge in [-0.05, 0) is 29.8 Å². The topological polar surface area (TPSA) is 41.9 Å². The zero-order valence-corrected chi connectivity index (χ0v) is 14.2. The Labute approximate surface area is 151 Å². The highest BCUT2D eigenvalue weighted by Gasteiger charge is 2.42. The Balaban J connectivity index is 1.74. The molecule has 0 saturated carbocycles. The van der Waals surface area contributed by atoms with E-state index in [0.717, 1.165) is 34.0 Å². The molecule has 4 heteroatoms. The molecule has 0 bridgehead atoms. The van der Waals surface area contributed by atoms with Crippen molar-refractivity contribution in [2.24, 2.45) is 4.99 Å². The predicted molar refractivity (Wildman–Crippen MR) is 100 cm³/mol. The summed E-state index contributed by atoms with van der Waals surface area (Å²) >= 11 is 0. The summed E-state index contributed by atoms with van der Waals surface area (Å²) in [5, 5.41) is 0. The molecule has 4 nitrogen and oxygen atoms in total. The van der Waals surface area contributed by atoms with Crippen LogP contribution in [-0.4, -0.2) is 23.8 Å². The lowest BCUT2D eigenvalue weighted by Crippen LogP contribution is -2.37. The van der Waals surface area contributed by atoms with Gasteiger partial charge in [0.15, 0.2) is 0 Å². The van der Waals surface area contributed by atoms with Crippen molar-refractivity contribution in [1.82, 2.24) is 4.90 Å². The van der Waals surface area contributed by atoms with Gasteiger partial charge in [0.2, 0.25) is 0 Å². The van der Waals surface area contributed by atoms with E-state index < -0.39 is 0 Å². The zero-order chi connectivity index (χ0) is 17.7. The van der Waals surface area contributed by atoms with Crippen LogP contribution in [-0.2, 0) is 0 Å². The minimum atomic E-state index is -0.204. The summed E-state index contributed by atoms with van der Waals surface area (Å²) in [6, 6.07) is 23.4. The summed E-state index contributed by atoms with van der Waals surface area (Å²) in [5.74, 6) is 1.52. The number of amides is 1.